The van der Waals surface area contributed by atoms with Crippen LogP contribution in [0.15, 0.2) is 0 Å². The lowest BCUT2D eigenvalue weighted by Gasteiger charge is -2.41. The van der Waals surface area contributed by atoms with Gasteiger partial charge in [0, 0.05) is 5.41 Å². The fraction of sp³-hybridized carbons (Fsp3) is 0.923. The largest absolute Gasteiger partial charge is 0.464 e. The molecule has 0 aliphatic heterocycles. The summed E-state index contributed by atoms with van der Waals surface area (Å²) in [6, 6.07) is 0. The number of carbonyl (C=O) groups excluding carboxylic acids is 1. The molecule has 0 heterocycles. The summed E-state index contributed by atoms with van der Waals surface area (Å²) in [4.78, 5) is 10.4. The predicted octanol–water partition coefficient (Wildman–Crippen LogP) is 3.40. The Morgan fingerprint density at radius 3 is 2.27 bits per heavy atom. The zero-order valence-electron chi connectivity index (χ0n) is 10.5. The Morgan fingerprint density at radius 1 is 1.27 bits per heavy atom. The van der Waals surface area contributed by atoms with Crippen molar-refractivity contribution in [2.75, 3.05) is 0 Å². The standard InChI is InChI=1S/C13H24O2/c1-10-5-7-12(8-6-10)13(3,4)11(2)15-9-14/h9-12H,5-8H2,1-4H3. The van der Waals surface area contributed by atoms with Crippen molar-refractivity contribution < 1.29 is 9.53 Å². The summed E-state index contributed by atoms with van der Waals surface area (Å²) in [5.74, 6) is 1.57. The van der Waals surface area contributed by atoms with Gasteiger partial charge in [0.25, 0.3) is 6.47 Å². The van der Waals surface area contributed by atoms with Gasteiger partial charge in [-0.3, -0.25) is 4.79 Å². The maximum absolute atomic E-state index is 10.4. The van der Waals surface area contributed by atoms with Gasteiger partial charge in [0.1, 0.15) is 6.10 Å². The van der Waals surface area contributed by atoms with Crippen molar-refractivity contribution in [3.8, 4) is 0 Å². The van der Waals surface area contributed by atoms with Crippen LogP contribution in [0.1, 0.15) is 53.4 Å². The Kier molecular flexibility index (Phi) is 4.18. The molecule has 0 amide bonds. The van der Waals surface area contributed by atoms with Gasteiger partial charge in [-0.15, -0.1) is 0 Å². The Morgan fingerprint density at radius 2 is 1.80 bits per heavy atom. The first-order valence-electron chi connectivity index (χ1n) is 6.07. The predicted molar refractivity (Wildman–Crippen MR) is 61.5 cm³/mol. The molecule has 0 aromatic rings. The fourth-order valence-corrected chi connectivity index (χ4v) is 2.59. The van der Waals surface area contributed by atoms with Crippen LogP contribution in [0.3, 0.4) is 0 Å². The summed E-state index contributed by atoms with van der Waals surface area (Å²) in [7, 11) is 0. The molecule has 0 saturated heterocycles. The van der Waals surface area contributed by atoms with Crippen LogP contribution in [0, 0.1) is 17.3 Å². The Hall–Kier alpha value is -0.530. The molecule has 1 fully saturated rings. The average Bonchev–Trinajstić information content (AvgIpc) is 2.18. The number of hydrogen-bond acceptors (Lipinski definition) is 2. The second-order valence-electron chi connectivity index (χ2n) is 5.65. The van der Waals surface area contributed by atoms with E-state index < -0.39 is 0 Å². The van der Waals surface area contributed by atoms with Gasteiger partial charge in [-0.05, 0) is 31.6 Å². The SMILES string of the molecule is CC1CCC(C(C)(C)C(C)OC=O)CC1. The van der Waals surface area contributed by atoms with Crippen molar-refractivity contribution in [2.45, 2.75) is 59.5 Å². The second-order valence-corrected chi connectivity index (χ2v) is 5.65. The van der Waals surface area contributed by atoms with E-state index >= 15 is 0 Å². The molecule has 1 unspecified atom stereocenters. The third-order valence-corrected chi connectivity index (χ3v) is 4.38. The van der Waals surface area contributed by atoms with Crippen molar-refractivity contribution in [3.05, 3.63) is 0 Å². The van der Waals surface area contributed by atoms with Crippen LogP contribution in [-0.4, -0.2) is 12.6 Å². The van der Waals surface area contributed by atoms with E-state index in [-0.39, 0.29) is 11.5 Å². The summed E-state index contributed by atoms with van der Waals surface area (Å²) in [5, 5.41) is 0. The van der Waals surface area contributed by atoms with Crippen molar-refractivity contribution >= 4 is 6.47 Å². The number of carbonyl (C=O) groups is 1. The monoisotopic (exact) mass is 212 g/mol. The number of ether oxygens (including phenoxy) is 1. The molecule has 0 bridgehead atoms. The molecule has 0 spiro atoms. The van der Waals surface area contributed by atoms with Crippen LogP contribution in [0.4, 0.5) is 0 Å². The highest BCUT2D eigenvalue weighted by molar-refractivity contribution is 5.37. The molecule has 2 nitrogen and oxygen atoms in total. The molecule has 0 aromatic heterocycles. The smallest absolute Gasteiger partial charge is 0.293 e. The van der Waals surface area contributed by atoms with Crippen molar-refractivity contribution in [3.63, 3.8) is 0 Å². The maximum Gasteiger partial charge on any atom is 0.293 e. The lowest BCUT2D eigenvalue weighted by molar-refractivity contribution is -0.141. The highest BCUT2D eigenvalue weighted by atomic mass is 16.5. The molecule has 0 aromatic carbocycles. The van der Waals surface area contributed by atoms with Crippen molar-refractivity contribution in [1.82, 2.24) is 0 Å². The maximum atomic E-state index is 10.4. The summed E-state index contributed by atoms with van der Waals surface area (Å²) in [6.07, 6.45) is 5.22. The van der Waals surface area contributed by atoms with Gasteiger partial charge in [0.15, 0.2) is 0 Å². The number of rotatable bonds is 4. The molecular formula is C13H24O2. The number of hydrogen-bond donors (Lipinski definition) is 0. The first-order valence-corrected chi connectivity index (χ1v) is 6.07. The molecule has 1 saturated carbocycles. The Balaban J connectivity index is 2.56. The van der Waals surface area contributed by atoms with E-state index in [2.05, 4.69) is 20.8 Å². The summed E-state index contributed by atoms with van der Waals surface area (Å²) in [5.41, 5.74) is 0.112. The van der Waals surface area contributed by atoms with E-state index in [0.717, 1.165) is 5.92 Å². The molecule has 88 valence electrons. The van der Waals surface area contributed by atoms with E-state index in [1.807, 2.05) is 6.92 Å². The minimum atomic E-state index is 0.0217. The summed E-state index contributed by atoms with van der Waals surface area (Å²) >= 11 is 0. The lowest BCUT2D eigenvalue weighted by atomic mass is 9.67. The third kappa shape index (κ3) is 2.96. The molecule has 0 radical (unpaired) electrons. The van der Waals surface area contributed by atoms with Crippen LogP contribution in [-0.2, 0) is 9.53 Å². The highest BCUT2D eigenvalue weighted by Gasteiger charge is 2.37. The minimum absolute atomic E-state index is 0.0217. The van der Waals surface area contributed by atoms with Crippen LogP contribution in [0.5, 0.6) is 0 Å². The zero-order chi connectivity index (χ0) is 11.5. The molecule has 0 N–H and O–H groups in total. The molecule has 15 heavy (non-hydrogen) atoms. The van der Waals surface area contributed by atoms with Gasteiger partial charge in [0.05, 0.1) is 0 Å². The quantitative estimate of drug-likeness (QED) is 0.668. The fourth-order valence-electron chi connectivity index (χ4n) is 2.59. The molecule has 1 rings (SSSR count). The van der Waals surface area contributed by atoms with Gasteiger partial charge < -0.3 is 4.74 Å². The second kappa shape index (κ2) is 5.00. The molecule has 2 heteroatoms. The van der Waals surface area contributed by atoms with E-state index in [9.17, 15) is 4.79 Å². The molecule has 1 aliphatic rings. The minimum Gasteiger partial charge on any atom is -0.464 e. The van der Waals surface area contributed by atoms with Gasteiger partial charge in [-0.25, -0.2) is 0 Å². The van der Waals surface area contributed by atoms with Crippen LogP contribution >= 0.6 is 0 Å². The van der Waals surface area contributed by atoms with Crippen LogP contribution < -0.4 is 0 Å². The van der Waals surface area contributed by atoms with E-state index in [4.69, 9.17) is 4.74 Å². The molecular weight excluding hydrogens is 188 g/mol. The van der Waals surface area contributed by atoms with Crippen LogP contribution in [0.25, 0.3) is 0 Å². The Labute approximate surface area is 93.4 Å². The van der Waals surface area contributed by atoms with E-state index in [1.165, 1.54) is 25.7 Å². The van der Waals surface area contributed by atoms with Gasteiger partial charge in [-0.1, -0.05) is 33.6 Å². The van der Waals surface area contributed by atoms with Crippen LogP contribution in [0.2, 0.25) is 0 Å². The Bertz CT molecular complexity index is 203. The van der Waals surface area contributed by atoms with Gasteiger partial charge >= 0.3 is 0 Å². The van der Waals surface area contributed by atoms with Gasteiger partial charge in [0.2, 0.25) is 0 Å². The van der Waals surface area contributed by atoms with Gasteiger partial charge in [-0.2, -0.15) is 0 Å². The lowest BCUT2D eigenvalue weighted by Crippen LogP contribution is -2.38. The third-order valence-electron chi connectivity index (χ3n) is 4.38. The molecule has 1 atom stereocenters. The first-order chi connectivity index (χ1) is 6.98. The topological polar surface area (TPSA) is 26.3 Å². The van der Waals surface area contributed by atoms with Crippen molar-refractivity contribution in [1.29, 1.82) is 0 Å². The summed E-state index contributed by atoms with van der Waals surface area (Å²) < 4.78 is 5.11. The normalized spacial score (nSPS) is 29.6. The van der Waals surface area contributed by atoms with E-state index in [0.29, 0.717) is 12.4 Å². The first kappa shape index (κ1) is 12.5. The zero-order valence-corrected chi connectivity index (χ0v) is 10.5. The average molecular weight is 212 g/mol. The highest BCUT2D eigenvalue weighted by Crippen LogP contribution is 2.42. The summed E-state index contributed by atoms with van der Waals surface area (Å²) in [6.45, 7) is 9.36. The van der Waals surface area contributed by atoms with Crippen molar-refractivity contribution in [2.24, 2.45) is 17.3 Å². The molecule has 1 aliphatic carbocycles. The van der Waals surface area contributed by atoms with E-state index in [1.54, 1.807) is 0 Å².